The third-order valence-corrected chi connectivity index (χ3v) is 4.33. The molecular formula is C22H26BrN3O5. The molecule has 166 valence electrons. The second-order valence-corrected chi connectivity index (χ2v) is 7.05. The molecule has 0 aliphatic heterocycles. The molecule has 0 saturated carbocycles. The SMILES string of the molecule is CCOc1cc(C(=O)NCC(=O)N/N=C/c2cccc(Br)c2)cc(OCC)c1OCC. The van der Waals surface area contributed by atoms with Gasteiger partial charge in [-0.1, -0.05) is 28.1 Å². The van der Waals surface area contributed by atoms with Gasteiger partial charge >= 0.3 is 0 Å². The van der Waals surface area contributed by atoms with Gasteiger partial charge in [-0.25, -0.2) is 5.43 Å². The summed E-state index contributed by atoms with van der Waals surface area (Å²) in [6, 6.07) is 10.6. The summed E-state index contributed by atoms with van der Waals surface area (Å²) in [7, 11) is 0. The average molecular weight is 492 g/mol. The number of nitrogens with one attached hydrogen (secondary N) is 2. The molecule has 0 fully saturated rings. The first-order valence-corrected chi connectivity index (χ1v) is 10.7. The summed E-state index contributed by atoms with van der Waals surface area (Å²) in [6.07, 6.45) is 1.51. The maximum Gasteiger partial charge on any atom is 0.259 e. The number of benzene rings is 2. The van der Waals surface area contributed by atoms with E-state index >= 15 is 0 Å². The Hall–Kier alpha value is -3.07. The third kappa shape index (κ3) is 7.60. The van der Waals surface area contributed by atoms with Crippen LogP contribution in [0.2, 0.25) is 0 Å². The van der Waals surface area contributed by atoms with Crippen LogP contribution in [0, 0.1) is 0 Å². The van der Waals surface area contributed by atoms with Crippen LogP contribution in [0.1, 0.15) is 36.7 Å². The zero-order chi connectivity index (χ0) is 22.6. The number of halogens is 1. The van der Waals surface area contributed by atoms with Crippen molar-refractivity contribution in [2.75, 3.05) is 26.4 Å². The van der Waals surface area contributed by atoms with E-state index in [1.54, 1.807) is 12.1 Å². The molecule has 0 bridgehead atoms. The topological polar surface area (TPSA) is 98.2 Å². The van der Waals surface area contributed by atoms with Gasteiger partial charge < -0.3 is 19.5 Å². The van der Waals surface area contributed by atoms with Crippen LogP contribution in [0.4, 0.5) is 0 Å². The van der Waals surface area contributed by atoms with Gasteiger partial charge in [-0.05, 0) is 50.6 Å². The lowest BCUT2D eigenvalue weighted by molar-refractivity contribution is -0.120. The number of hydrogen-bond acceptors (Lipinski definition) is 6. The van der Waals surface area contributed by atoms with Gasteiger partial charge in [0, 0.05) is 10.0 Å². The van der Waals surface area contributed by atoms with E-state index in [1.807, 2.05) is 45.0 Å². The fourth-order valence-corrected chi connectivity index (χ4v) is 3.00. The number of ether oxygens (including phenoxy) is 3. The molecular weight excluding hydrogens is 466 g/mol. The van der Waals surface area contributed by atoms with Crippen molar-refractivity contribution >= 4 is 34.0 Å². The maximum atomic E-state index is 12.6. The molecule has 2 aromatic carbocycles. The zero-order valence-corrected chi connectivity index (χ0v) is 19.3. The highest BCUT2D eigenvalue weighted by Gasteiger charge is 2.18. The van der Waals surface area contributed by atoms with Crippen LogP contribution in [-0.4, -0.2) is 44.4 Å². The summed E-state index contributed by atoms with van der Waals surface area (Å²) < 4.78 is 17.8. The Balaban J connectivity index is 2.02. The molecule has 0 unspecified atom stereocenters. The standard InChI is InChI=1S/C22H26BrN3O5/c1-4-29-18-11-16(12-19(30-5-2)21(18)31-6-3)22(28)24-14-20(27)26-25-13-15-8-7-9-17(23)10-15/h7-13H,4-6,14H2,1-3H3,(H,24,28)(H,26,27)/b25-13+. The molecule has 0 heterocycles. The van der Waals surface area contributed by atoms with Crippen LogP contribution in [0.15, 0.2) is 46.0 Å². The van der Waals surface area contributed by atoms with E-state index in [4.69, 9.17) is 14.2 Å². The van der Waals surface area contributed by atoms with Crippen LogP contribution in [0.5, 0.6) is 17.2 Å². The number of hydrazone groups is 1. The highest BCUT2D eigenvalue weighted by molar-refractivity contribution is 9.10. The highest BCUT2D eigenvalue weighted by atomic mass is 79.9. The summed E-state index contributed by atoms with van der Waals surface area (Å²) in [5.41, 5.74) is 3.49. The van der Waals surface area contributed by atoms with Crippen LogP contribution in [0.3, 0.4) is 0 Å². The molecule has 0 saturated heterocycles. The predicted molar refractivity (Wildman–Crippen MR) is 122 cm³/mol. The molecule has 0 spiro atoms. The lowest BCUT2D eigenvalue weighted by Crippen LogP contribution is -2.35. The molecule has 0 aliphatic carbocycles. The molecule has 2 N–H and O–H groups in total. The Labute approximate surface area is 190 Å². The van der Waals surface area contributed by atoms with Crippen molar-refractivity contribution in [3.05, 3.63) is 52.0 Å². The van der Waals surface area contributed by atoms with E-state index in [9.17, 15) is 9.59 Å². The molecule has 2 amide bonds. The maximum absolute atomic E-state index is 12.6. The number of carbonyl (C=O) groups excluding carboxylic acids is 2. The Morgan fingerprint density at radius 2 is 1.65 bits per heavy atom. The van der Waals surface area contributed by atoms with Crippen molar-refractivity contribution in [3.63, 3.8) is 0 Å². The summed E-state index contributed by atoms with van der Waals surface area (Å²) in [5.74, 6) is 0.353. The van der Waals surface area contributed by atoms with Gasteiger partial charge in [0.05, 0.1) is 32.6 Å². The number of rotatable bonds is 11. The molecule has 0 radical (unpaired) electrons. The number of nitrogens with zero attached hydrogens (tertiary/aromatic N) is 1. The van der Waals surface area contributed by atoms with Crippen molar-refractivity contribution in [1.82, 2.24) is 10.7 Å². The third-order valence-electron chi connectivity index (χ3n) is 3.83. The summed E-state index contributed by atoms with van der Waals surface area (Å²) in [5, 5.41) is 6.45. The van der Waals surface area contributed by atoms with E-state index in [0.717, 1.165) is 10.0 Å². The molecule has 8 nitrogen and oxygen atoms in total. The lowest BCUT2D eigenvalue weighted by Gasteiger charge is -2.17. The molecule has 0 aromatic heterocycles. The van der Waals surface area contributed by atoms with Gasteiger partial charge in [-0.3, -0.25) is 9.59 Å². The van der Waals surface area contributed by atoms with Crippen molar-refractivity contribution in [1.29, 1.82) is 0 Å². The number of hydrogen-bond donors (Lipinski definition) is 2. The number of carbonyl (C=O) groups is 2. The van der Waals surface area contributed by atoms with Gasteiger partial charge in [0.2, 0.25) is 5.75 Å². The van der Waals surface area contributed by atoms with Gasteiger partial charge in [0.15, 0.2) is 11.5 Å². The lowest BCUT2D eigenvalue weighted by atomic mass is 10.1. The first-order chi connectivity index (χ1) is 15.0. The first-order valence-electron chi connectivity index (χ1n) is 9.90. The van der Waals surface area contributed by atoms with Crippen LogP contribution >= 0.6 is 15.9 Å². The normalized spacial score (nSPS) is 10.6. The zero-order valence-electron chi connectivity index (χ0n) is 17.7. The first kappa shape index (κ1) is 24.2. The van der Waals surface area contributed by atoms with E-state index in [2.05, 4.69) is 31.8 Å². The fraction of sp³-hybridized carbons (Fsp3) is 0.318. The summed E-state index contributed by atoms with van der Waals surface area (Å²) >= 11 is 3.37. The van der Waals surface area contributed by atoms with Crippen LogP contribution < -0.4 is 25.0 Å². The van der Waals surface area contributed by atoms with E-state index in [0.29, 0.717) is 42.6 Å². The number of amides is 2. The smallest absolute Gasteiger partial charge is 0.259 e. The average Bonchev–Trinajstić information content (AvgIpc) is 2.74. The molecule has 0 aliphatic rings. The van der Waals surface area contributed by atoms with Crippen molar-refractivity contribution in [3.8, 4) is 17.2 Å². The minimum atomic E-state index is -0.458. The minimum Gasteiger partial charge on any atom is -0.490 e. The quantitative estimate of drug-likeness (QED) is 0.370. The Morgan fingerprint density at radius 1 is 1.00 bits per heavy atom. The van der Waals surface area contributed by atoms with E-state index in [1.165, 1.54) is 6.21 Å². The van der Waals surface area contributed by atoms with Crippen molar-refractivity contribution in [2.24, 2.45) is 5.10 Å². The van der Waals surface area contributed by atoms with Crippen LogP contribution in [-0.2, 0) is 4.79 Å². The van der Waals surface area contributed by atoms with Crippen LogP contribution in [0.25, 0.3) is 0 Å². The van der Waals surface area contributed by atoms with Crippen molar-refractivity contribution < 1.29 is 23.8 Å². The van der Waals surface area contributed by atoms with Gasteiger partial charge in [0.25, 0.3) is 11.8 Å². The molecule has 0 atom stereocenters. The predicted octanol–water partition coefficient (Wildman–Crippen LogP) is 3.53. The Kier molecular flexibility index (Phi) is 9.83. The Morgan fingerprint density at radius 3 is 2.23 bits per heavy atom. The highest BCUT2D eigenvalue weighted by Crippen LogP contribution is 2.39. The van der Waals surface area contributed by atoms with E-state index in [-0.39, 0.29) is 6.54 Å². The van der Waals surface area contributed by atoms with E-state index < -0.39 is 11.8 Å². The van der Waals surface area contributed by atoms with Crippen molar-refractivity contribution in [2.45, 2.75) is 20.8 Å². The Bertz CT molecular complexity index is 906. The molecule has 9 heteroatoms. The van der Waals surface area contributed by atoms with Gasteiger partial charge in [-0.15, -0.1) is 0 Å². The minimum absolute atomic E-state index is 0.240. The van der Waals surface area contributed by atoms with Gasteiger partial charge in [0.1, 0.15) is 0 Å². The molecule has 31 heavy (non-hydrogen) atoms. The monoisotopic (exact) mass is 491 g/mol. The molecule has 2 rings (SSSR count). The second-order valence-electron chi connectivity index (χ2n) is 6.13. The fourth-order valence-electron chi connectivity index (χ4n) is 2.59. The summed E-state index contributed by atoms with van der Waals surface area (Å²) in [4.78, 5) is 24.6. The largest absolute Gasteiger partial charge is 0.490 e. The van der Waals surface area contributed by atoms with Gasteiger partial charge in [-0.2, -0.15) is 5.10 Å². The second kappa shape index (κ2) is 12.6. The summed E-state index contributed by atoms with van der Waals surface area (Å²) in [6.45, 7) is 6.50. The molecule has 2 aromatic rings.